The van der Waals surface area contributed by atoms with E-state index in [-0.39, 0.29) is 17.3 Å². The second-order valence-electron chi connectivity index (χ2n) is 6.61. The zero-order chi connectivity index (χ0) is 15.8. The molecule has 0 aromatic heterocycles. The number of hydrogen-bond donors (Lipinski definition) is 1. The second-order valence-corrected chi connectivity index (χ2v) is 6.61. The van der Waals surface area contributed by atoms with Crippen LogP contribution in [-0.4, -0.2) is 17.0 Å². The van der Waals surface area contributed by atoms with Crippen molar-refractivity contribution >= 4 is 11.9 Å². The number of carbonyl (C=O) groups excluding carboxylic acids is 1. The van der Waals surface area contributed by atoms with Crippen LogP contribution in [0.2, 0.25) is 0 Å². The molecule has 1 fully saturated rings. The van der Waals surface area contributed by atoms with Crippen molar-refractivity contribution in [3.63, 3.8) is 0 Å². The molecule has 0 heterocycles. The molecule has 0 aliphatic heterocycles. The van der Waals surface area contributed by atoms with Gasteiger partial charge in [0.1, 0.15) is 5.75 Å². The standard InChI is InChI=1S/C17H22O4/c1-11(18)21-13-7-5-12(6-8-13)14-9-10-17(4,15(19)20)16(14,2)3/h5-8,14H,9-10H2,1-4H3,(H,19,20). The van der Waals surface area contributed by atoms with Crippen LogP contribution in [0.5, 0.6) is 5.75 Å². The summed E-state index contributed by atoms with van der Waals surface area (Å²) < 4.78 is 5.03. The Hall–Kier alpha value is -1.84. The molecule has 1 N–H and O–H groups in total. The fourth-order valence-electron chi connectivity index (χ4n) is 3.40. The van der Waals surface area contributed by atoms with E-state index in [1.165, 1.54) is 6.92 Å². The zero-order valence-electron chi connectivity index (χ0n) is 13.0. The zero-order valence-corrected chi connectivity index (χ0v) is 13.0. The van der Waals surface area contributed by atoms with Gasteiger partial charge in [0.15, 0.2) is 0 Å². The SMILES string of the molecule is CC(=O)Oc1ccc(C2CCC(C)(C(=O)O)C2(C)C)cc1. The second kappa shape index (κ2) is 5.17. The minimum Gasteiger partial charge on any atom is -0.481 e. The fourth-order valence-corrected chi connectivity index (χ4v) is 3.40. The number of carbonyl (C=O) groups is 2. The van der Waals surface area contributed by atoms with Crippen LogP contribution in [-0.2, 0) is 9.59 Å². The Morgan fingerprint density at radius 2 is 1.76 bits per heavy atom. The summed E-state index contributed by atoms with van der Waals surface area (Å²) in [6.07, 6.45) is 1.52. The molecule has 4 heteroatoms. The summed E-state index contributed by atoms with van der Waals surface area (Å²) >= 11 is 0. The molecule has 0 spiro atoms. The predicted molar refractivity (Wildman–Crippen MR) is 79.2 cm³/mol. The van der Waals surface area contributed by atoms with E-state index in [0.29, 0.717) is 12.2 Å². The van der Waals surface area contributed by atoms with E-state index in [1.54, 1.807) is 12.1 Å². The molecule has 2 unspecified atom stereocenters. The summed E-state index contributed by atoms with van der Waals surface area (Å²) in [5.41, 5.74) is 0.0504. The Morgan fingerprint density at radius 1 is 1.19 bits per heavy atom. The van der Waals surface area contributed by atoms with Gasteiger partial charge >= 0.3 is 11.9 Å². The van der Waals surface area contributed by atoms with Crippen LogP contribution in [0.25, 0.3) is 0 Å². The monoisotopic (exact) mass is 290 g/mol. The number of aliphatic carboxylic acids is 1. The molecule has 1 aliphatic carbocycles. The largest absolute Gasteiger partial charge is 0.481 e. The van der Waals surface area contributed by atoms with Gasteiger partial charge in [-0.1, -0.05) is 26.0 Å². The van der Waals surface area contributed by atoms with E-state index in [0.717, 1.165) is 12.0 Å². The molecule has 1 aromatic carbocycles. The van der Waals surface area contributed by atoms with E-state index >= 15 is 0 Å². The van der Waals surface area contributed by atoms with Gasteiger partial charge in [-0.3, -0.25) is 9.59 Å². The molecule has 114 valence electrons. The van der Waals surface area contributed by atoms with Crippen molar-refractivity contribution in [2.24, 2.45) is 10.8 Å². The number of benzene rings is 1. The quantitative estimate of drug-likeness (QED) is 0.682. The number of carboxylic acids is 1. The highest BCUT2D eigenvalue weighted by Gasteiger charge is 2.56. The lowest BCUT2D eigenvalue weighted by atomic mass is 9.64. The lowest BCUT2D eigenvalue weighted by Gasteiger charge is -2.38. The Labute approximate surface area is 125 Å². The van der Waals surface area contributed by atoms with E-state index in [4.69, 9.17) is 4.74 Å². The fraction of sp³-hybridized carbons (Fsp3) is 0.529. The molecule has 1 aliphatic rings. The number of esters is 1. The summed E-state index contributed by atoms with van der Waals surface area (Å²) in [5, 5.41) is 9.56. The highest BCUT2D eigenvalue weighted by Crippen LogP contribution is 2.59. The maximum absolute atomic E-state index is 11.6. The highest BCUT2D eigenvalue weighted by atomic mass is 16.5. The Morgan fingerprint density at radius 3 is 2.19 bits per heavy atom. The van der Waals surface area contributed by atoms with Crippen molar-refractivity contribution in [2.45, 2.75) is 46.5 Å². The van der Waals surface area contributed by atoms with Crippen LogP contribution in [0.15, 0.2) is 24.3 Å². The van der Waals surface area contributed by atoms with Crippen LogP contribution < -0.4 is 4.74 Å². The van der Waals surface area contributed by atoms with E-state index < -0.39 is 11.4 Å². The topological polar surface area (TPSA) is 63.6 Å². The van der Waals surface area contributed by atoms with E-state index in [2.05, 4.69) is 0 Å². The number of carboxylic acid groups (broad SMARTS) is 1. The lowest BCUT2D eigenvalue weighted by Crippen LogP contribution is -2.39. The average Bonchev–Trinajstić information content (AvgIpc) is 2.62. The molecule has 2 atom stereocenters. The minimum absolute atomic E-state index is 0.185. The van der Waals surface area contributed by atoms with Crippen LogP contribution >= 0.6 is 0 Å². The molecule has 1 saturated carbocycles. The van der Waals surface area contributed by atoms with Crippen LogP contribution in [0.1, 0.15) is 52.0 Å². The van der Waals surface area contributed by atoms with Gasteiger partial charge in [-0.15, -0.1) is 0 Å². The van der Waals surface area contributed by atoms with Gasteiger partial charge in [0.25, 0.3) is 0 Å². The van der Waals surface area contributed by atoms with Crippen molar-refractivity contribution in [3.8, 4) is 5.75 Å². The molecule has 0 amide bonds. The summed E-state index contributed by atoms with van der Waals surface area (Å²) in [5.74, 6) is -0.373. The van der Waals surface area contributed by atoms with Crippen LogP contribution in [0.4, 0.5) is 0 Å². The Bertz CT molecular complexity index is 559. The maximum atomic E-state index is 11.6. The van der Waals surface area contributed by atoms with Crippen molar-refractivity contribution in [2.75, 3.05) is 0 Å². The highest BCUT2D eigenvalue weighted by molar-refractivity contribution is 5.76. The lowest BCUT2D eigenvalue weighted by molar-refractivity contribution is -0.153. The first-order chi connectivity index (χ1) is 9.68. The average molecular weight is 290 g/mol. The smallest absolute Gasteiger partial charge is 0.309 e. The van der Waals surface area contributed by atoms with E-state index in [1.807, 2.05) is 32.9 Å². The maximum Gasteiger partial charge on any atom is 0.309 e. The Balaban J connectivity index is 2.27. The molecule has 0 saturated heterocycles. The number of ether oxygens (including phenoxy) is 1. The van der Waals surface area contributed by atoms with E-state index in [9.17, 15) is 14.7 Å². The van der Waals surface area contributed by atoms with Gasteiger partial charge < -0.3 is 9.84 Å². The summed E-state index contributed by atoms with van der Waals surface area (Å²) in [6.45, 7) is 7.26. The Kier molecular flexibility index (Phi) is 3.83. The van der Waals surface area contributed by atoms with Gasteiger partial charge in [-0.05, 0) is 48.8 Å². The minimum atomic E-state index is -0.730. The first kappa shape index (κ1) is 15.5. The van der Waals surface area contributed by atoms with Gasteiger partial charge in [0.05, 0.1) is 5.41 Å². The summed E-state index contributed by atoms with van der Waals surface area (Å²) in [6, 6.07) is 7.39. The van der Waals surface area contributed by atoms with Crippen molar-refractivity contribution in [1.82, 2.24) is 0 Å². The number of rotatable bonds is 3. The van der Waals surface area contributed by atoms with Crippen LogP contribution in [0.3, 0.4) is 0 Å². The third-order valence-electron chi connectivity index (χ3n) is 5.24. The number of hydrogen-bond acceptors (Lipinski definition) is 3. The molecular formula is C17H22O4. The normalized spacial score (nSPS) is 27.3. The third kappa shape index (κ3) is 2.55. The molecule has 21 heavy (non-hydrogen) atoms. The molecular weight excluding hydrogens is 268 g/mol. The molecule has 1 aromatic rings. The van der Waals surface area contributed by atoms with Gasteiger partial charge in [0, 0.05) is 6.92 Å². The van der Waals surface area contributed by atoms with Crippen molar-refractivity contribution in [3.05, 3.63) is 29.8 Å². The summed E-state index contributed by atoms with van der Waals surface area (Å²) in [7, 11) is 0. The van der Waals surface area contributed by atoms with Gasteiger partial charge in [0.2, 0.25) is 0 Å². The first-order valence-electron chi connectivity index (χ1n) is 7.20. The van der Waals surface area contributed by atoms with Crippen LogP contribution in [0, 0.1) is 10.8 Å². The molecule has 0 radical (unpaired) electrons. The van der Waals surface area contributed by atoms with Crippen molar-refractivity contribution < 1.29 is 19.4 Å². The molecule has 0 bridgehead atoms. The van der Waals surface area contributed by atoms with Crippen molar-refractivity contribution in [1.29, 1.82) is 0 Å². The molecule has 4 nitrogen and oxygen atoms in total. The van der Waals surface area contributed by atoms with Gasteiger partial charge in [-0.25, -0.2) is 0 Å². The first-order valence-corrected chi connectivity index (χ1v) is 7.20. The molecule has 2 rings (SSSR count). The summed E-state index contributed by atoms with van der Waals surface area (Å²) in [4.78, 5) is 22.6. The predicted octanol–water partition coefficient (Wildman–Crippen LogP) is 3.61. The third-order valence-corrected chi connectivity index (χ3v) is 5.24. The van der Waals surface area contributed by atoms with Gasteiger partial charge in [-0.2, -0.15) is 0 Å².